The van der Waals surface area contributed by atoms with Crippen molar-refractivity contribution in [3.8, 4) is 0 Å². The second-order valence-electron chi connectivity index (χ2n) is 9.53. The van der Waals surface area contributed by atoms with Gasteiger partial charge in [0, 0.05) is 12.3 Å². The maximum atomic E-state index is 11.1. The highest BCUT2D eigenvalue weighted by atomic mass is 17.2. The van der Waals surface area contributed by atoms with Gasteiger partial charge in [0.25, 0.3) is 0 Å². The van der Waals surface area contributed by atoms with Gasteiger partial charge in [0.15, 0.2) is 0 Å². The van der Waals surface area contributed by atoms with Gasteiger partial charge in [-0.1, -0.05) is 26.2 Å². The van der Waals surface area contributed by atoms with Crippen LogP contribution < -0.4 is 0 Å². The highest BCUT2D eigenvalue weighted by molar-refractivity contribution is 5.65. The minimum atomic E-state index is -0.329. The molecule has 0 aromatic carbocycles. The summed E-state index contributed by atoms with van der Waals surface area (Å²) in [6, 6.07) is 0. The highest BCUT2D eigenvalue weighted by Gasteiger charge is 2.58. The molecule has 136 valence electrons. The predicted molar refractivity (Wildman–Crippen MR) is 93.0 cm³/mol. The lowest BCUT2D eigenvalue weighted by atomic mass is 9.45. The third-order valence-electron chi connectivity index (χ3n) is 8.63. The van der Waals surface area contributed by atoms with E-state index in [0.717, 1.165) is 23.7 Å². The Kier molecular flexibility index (Phi) is 4.43. The molecule has 3 heteroatoms. The first-order chi connectivity index (χ1) is 11.6. The van der Waals surface area contributed by atoms with E-state index in [9.17, 15) is 4.79 Å². The zero-order valence-corrected chi connectivity index (χ0v) is 15.5. The Balaban J connectivity index is 1.52. The van der Waals surface area contributed by atoms with E-state index in [0.29, 0.717) is 12.0 Å². The van der Waals surface area contributed by atoms with Crippen molar-refractivity contribution in [1.29, 1.82) is 0 Å². The van der Waals surface area contributed by atoms with Gasteiger partial charge >= 0.3 is 5.97 Å². The van der Waals surface area contributed by atoms with E-state index < -0.39 is 0 Å². The molecular weight excluding hydrogens is 300 g/mol. The van der Waals surface area contributed by atoms with Crippen LogP contribution in [0, 0.1) is 34.5 Å². The van der Waals surface area contributed by atoms with Crippen molar-refractivity contribution in [2.24, 2.45) is 34.5 Å². The summed E-state index contributed by atoms with van der Waals surface area (Å²) >= 11 is 0. The fraction of sp³-hybridized carbons (Fsp3) is 0.952. The molecule has 0 unspecified atom stereocenters. The van der Waals surface area contributed by atoms with E-state index in [-0.39, 0.29) is 11.4 Å². The lowest BCUT2D eigenvalue weighted by Gasteiger charge is -2.60. The third-order valence-corrected chi connectivity index (χ3v) is 8.63. The summed E-state index contributed by atoms with van der Waals surface area (Å²) in [6.45, 7) is 4.68. The Morgan fingerprint density at radius 2 is 1.83 bits per heavy atom. The quantitative estimate of drug-likeness (QED) is 0.520. The number of hydrogen-bond acceptors (Lipinski definition) is 3. The number of rotatable bonds is 3. The van der Waals surface area contributed by atoms with Crippen molar-refractivity contribution in [2.45, 2.75) is 84.5 Å². The van der Waals surface area contributed by atoms with Gasteiger partial charge in [-0.3, -0.25) is 4.89 Å². The average Bonchev–Trinajstić information content (AvgIpc) is 2.98. The van der Waals surface area contributed by atoms with E-state index in [1.54, 1.807) is 0 Å². The molecule has 0 amide bonds. The first kappa shape index (κ1) is 16.9. The molecule has 4 rings (SSSR count). The van der Waals surface area contributed by atoms with E-state index in [4.69, 9.17) is 9.78 Å². The Morgan fingerprint density at radius 1 is 0.958 bits per heavy atom. The van der Waals surface area contributed by atoms with Gasteiger partial charge in [0.2, 0.25) is 0 Å². The van der Waals surface area contributed by atoms with Gasteiger partial charge in [-0.25, -0.2) is 4.79 Å². The molecule has 0 saturated heterocycles. The van der Waals surface area contributed by atoms with Crippen LogP contribution in [0.2, 0.25) is 0 Å². The molecule has 24 heavy (non-hydrogen) atoms. The summed E-state index contributed by atoms with van der Waals surface area (Å²) in [4.78, 5) is 21.3. The fourth-order valence-electron chi connectivity index (χ4n) is 7.57. The summed E-state index contributed by atoms with van der Waals surface area (Å²) in [5.41, 5.74) is 0.890. The van der Waals surface area contributed by atoms with Crippen LogP contribution in [0.25, 0.3) is 0 Å². The monoisotopic (exact) mass is 334 g/mol. The molecule has 4 aliphatic carbocycles. The minimum Gasteiger partial charge on any atom is -0.299 e. The van der Waals surface area contributed by atoms with Gasteiger partial charge in [0.1, 0.15) is 0 Å². The van der Waals surface area contributed by atoms with Gasteiger partial charge < -0.3 is 0 Å². The Morgan fingerprint density at radius 3 is 2.67 bits per heavy atom. The topological polar surface area (TPSA) is 35.5 Å². The lowest BCUT2D eigenvalue weighted by molar-refractivity contribution is -0.292. The molecule has 0 N–H and O–H groups in total. The van der Waals surface area contributed by atoms with E-state index in [1.165, 1.54) is 77.6 Å². The second kappa shape index (κ2) is 6.30. The minimum absolute atomic E-state index is 0.286. The van der Waals surface area contributed by atoms with Crippen LogP contribution in [0.15, 0.2) is 0 Å². The van der Waals surface area contributed by atoms with E-state index in [2.05, 4.69) is 6.92 Å². The highest BCUT2D eigenvalue weighted by Crippen LogP contribution is 2.66. The number of carbonyl (C=O) groups is 1. The van der Waals surface area contributed by atoms with Crippen molar-refractivity contribution in [3.05, 3.63) is 0 Å². The number of hydrogen-bond donors (Lipinski definition) is 0. The molecule has 3 nitrogen and oxygen atoms in total. The fourth-order valence-corrected chi connectivity index (χ4v) is 7.57. The summed E-state index contributed by atoms with van der Waals surface area (Å²) in [7, 11) is 0. The smallest absolute Gasteiger partial charge is 0.299 e. The van der Waals surface area contributed by atoms with Crippen LogP contribution in [0.1, 0.15) is 84.5 Å². The molecule has 0 bridgehead atoms. The molecule has 0 radical (unpaired) electrons. The van der Waals surface area contributed by atoms with Gasteiger partial charge in [-0.05, 0) is 80.5 Å². The Labute approximate surface area is 146 Å². The molecule has 0 aromatic heterocycles. The maximum absolute atomic E-state index is 11.1. The average molecular weight is 335 g/mol. The number of fused-ring (bicyclic) bond motifs is 5. The standard InChI is InChI=1S/C21H34O3/c1-15(22)24-23-14-21-12-5-7-19(21)17-9-8-16-6-3-4-11-20(16,2)18(17)10-13-21/h16-19H,3-14H2,1-2H3/t16-,17+,18-,19-,20-,21-/m0/s1. The summed E-state index contributed by atoms with van der Waals surface area (Å²) in [5, 5.41) is 0. The summed E-state index contributed by atoms with van der Waals surface area (Å²) in [6.07, 6.45) is 15.3. The van der Waals surface area contributed by atoms with Gasteiger partial charge in [-0.15, -0.1) is 0 Å². The maximum Gasteiger partial charge on any atom is 0.339 e. The molecule has 4 aliphatic rings. The first-order valence-electron chi connectivity index (χ1n) is 10.4. The second-order valence-corrected chi connectivity index (χ2v) is 9.53. The molecule has 0 aromatic rings. The van der Waals surface area contributed by atoms with Gasteiger partial charge in [0.05, 0.1) is 6.61 Å². The Bertz CT molecular complexity index is 489. The van der Waals surface area contributed by atoms with E-state index >= 15 is 0 Å². The third kappa shape index (κ3) is 2.62. The van der Waals surface area contributed by atoms with Crippen molar-refractivity contribution >= 4 is 5.97 Å². The molecule has 4 saturated carbocycles. The molecule has 6 atom stereocenters. The van der Waals surface area contributed by atoms with Crippen LogP contribution in [0.4, 0.5) is 0 Å². The van der Waals surface area contributed by atoms with Crippen LogP contribution in [-0.4, -0.2) is 12.6 Å². The lowest BCUT2D eigenvalue weighted by Crippen LogP contribution is -2.53. The first-order valence-corrected chi connectivity index (χ1v) is 10.4. The molecule has 4 fully saturated rings. The molecule has 0 aliphatic heterocycles. The van der Waals surface area contributed by atoms with Crippen LogP contribution in [-0.2, 0) is 14.6 Å². The SMILES string of the molecule is CC(=O)OOC[C@@]12CCC[C@H]1[C@@H]1CC[C@@H]3CCCC[C@]3(C)[C@H]1CC2. The largest absolute Gasteiger partial charge is 0.339 e. The van der Waals surface area contributed by atoms with Crippen molar-refractivity contribution in [1.82, 2.24) is 0 Å². The Hall–Kier alpha value is -0.570. The summed E-state index contributed by atoms with van der Waals surface area (Å²) < 4.78 is 0. The zero-order valence-electron chi connectivity index (χ0n) is 15.5. The zero-order chi connectivity index (χ0) is 16.8. The van der Waals surface area contributed by atoms with Crippen LogP contribution >= 0.6 is 0 Å². The van der Waals surface area contributed by atoms with Crippen LogP contribution in [0.5, 0.6) is 0 Å². The number of carbonyl (C=O) groups excluding carboxylic acids is 1. The van der Waals surface area contributed by atoms with Crippen molar-refractivity contribution in [3.63, 3.8) is 0 Å². The summed E-state index contributed by atoms with van der Waals surface area (Å²) in [5.74, 6) is 3.28. The van der Waals surface area contributed by atoms with Crippen molar-refractivity contribution < 1.29 is 14.6 Å². The predicted octanol–water partition coefficient (Wildman–Crippen LogP) is 5.28. The van der Waals surface area contributed by atoms with Crippen molar-refractivity contribution in [2.75, 3.05) is 6.61 Å². The van der Waals surface area contributed by atoms with Gasteiger partial charge in [-0.2, -0.15) is 4.89 Å². The normalized spacial score (nSPS) is 47.4. The molecule has 0 heterocycles. The molecular formula is C21H34O3. The van der Waals surface area contributed by atoms with Crippen LogP contribution in [0.3, 0.4) is 0 Å². The van der Waals surface area contributed by atoms with E-state index in [1.807, 2.05) is 0 Å². The molecule has 0 spiro atoms.